The summed E-state index contributed by atoms with van der Waals surface area (Å²) in [6, 6.07) is 7.97. The molecule has 7 nitrogen and oxygen atoms in total. The van der Waals surface area contributed by atoms with Crippen LogP contribution in [0.1, 0.15) is 49.1 Å². The fraction of sp³-hybridized carbons (Fsp3) is 0.538. The molecule has 0 amide bonds. The van der Waals surface area contributed by atoms with Crippen LogP contribution in [0.4, 0.5) is 0 Å². The summed E-state index contributed by atoms with van der Waals surface area (Å²) in [5, 5.41) is 0. The highest BCUT2D eigenvalue weighted by Crippen LogP contribution is 2.50. The van der Waals surface area contributed by atoms with E-state index in [0.717, 1.165) is 30.4 Å². The molecule has 0 bridgehead atoms. The van der Waals surface area contributed by atoms with Gasteiger partial charge in [0.1, 0.15) is 6.26 Å². The first-order chi connectivity index (χ1) is 16.4. The highest BCUT2D eigenvalue weighted by molar-refractivity contribution is 7.90. The van der Waals surface area contributed by atoms with Crippen molar-refractivity contribution in [1.29, 1.82) is 0 Å². The van der Waals surface area contributed by atoms with Crippen molar-refractivity contribution in [1.82, 2.24) is 0 Å². The normalized spacial score (nSPS) is 20.6. The molecule has 0 radical (unpaired) electrons. The topological polar surface area (TPSA) is 78.4 Å². The Morgan fingerprint density at radius 3 is 1.71 bits per heavy atom. The lowest BCUT2D eigenvalue weighted by molar-refractivity contribution is 0.0804. The molecule has 1 aliphatic rings. The van der Waals surface area contributed by atoms with Crippen molar-refractivity contribution in [2.24, 2.45) is 0 Å². The molecule has 188 valence electrons. The minimum absolute atomic E-state index is 0.0898. The van der Waals surface area contributed by atoms with Gasteiger partial charge in [0.05, 0.1) is 41.2 Å². The Labute approximate surface area is 205 Å². The largest absolute Gasteiger partial charge is 0.612 e. The second kappa shape index (κ2) is 11.9. The number of rotatable bonds is 11. The van der Waals surface area contributed by atoms with Gasteiger partial charge < -0.3 is 33.0 Å². The van der Waals surface area contributed by atoms with Gasteiger partial charge in [-0.3, -0.25) is 0 Å². The zero-order valence-corrected chi connectivity index (χ0v) is 22.0. The number of benzene rings is 2. The van der Waals surface area contributed by atoms with Gasteiger partial charge in [-0.25, -0.2) is 0 Å². The fourth-order valence-corrected chi connectivity index (χ4v) is 5.57. The molecule has 0 heterocycles. The van der Waals surface area contributed by atoms with Gasteiger partial charge in [-0.05, 0) is 59.8 Å². The lowest BCUT2D eigenvalue weighted by Crippen LogP contribution is -2.22. The third kappa shape index (κ3) is 5.19. The summed E-state index contributed by atoms with van der Waals surface area (Å²) < 4.78 is 46.8. The maximum absolute atomic E-state index is 12.6. The maximum Gasteiger partial charge on any atom is 0.216 e. The van der Waals surface area contributed by atoms with Crippen LogP contribution < -0.4 is 23.7 Å². The quantitative estimate of drug-likeness (QED) is 0.412. The molecular formula is C26H36O7S. The van der Waals surface area contributed by atoms with Crippen molar-refractivity contribution < 1.29 is 33.0 Å². The monoisotopic (exact) mass is 492 g/mol. The van der Waals surface area contributed by atoms with E-state index in [1.54, 1.807) is 41.8 Å². The van der Waals surface area contributed by atoms with Gasteiger partial charge in [0.25, 0.3) is 0 Å². The maximum atomic E-state index is 12.6. The van der Waals surface area contributed by atoms with Gasteiger partial charge in [-0.15, -0.1) is 0 Å². The van der Waals surface area contributed by atoms with Crippen LogP contribution in [0.15, 0.2) is 29.2 Å². The average Bonchev–Trinajstić information content (AvgIpc) is 3.29. The molecule has 8 heteroatoms. The minimum atomic E-state index is -1.23. The lowest BCUT2D eigenvalue weighted by atomic mass is 9.89. The second-order valence-electron chi connectivity index (χ2n) is 8.30. The van der Waals surface area contributed by atoms with Crippen LogP contribution in [0.5, 0.6) is 28.7 Å². The molecule has 1 aliphatic carbocycles. The first kappa shape index (κ1) is 26.3. The molecule has 0 aliphatic heterocycles. The smallest absolute Gasteiger partial charge is 0.216 e. The van der Waals surface area contributed by atoms with E-state index in [4.69, 9.17) is 28.4 Å². The van der Waals surface area contributed by atoms with Gasteiger partial charge in [-0.2, -0.15) is 0 Å². The number of hydrogen-bond acceptors (Lipinski definition) is 7. The van der Waals surface area contributed by atoms with E-state index in [9.17, 15) is 4.55 Å². The molecular weight excluding hydrogens is 456 g/mol. The number of ether oxygens (including phenoxy) is 6. The first-order valence-electron chi connectivity index (χ1n) is 11.4. The van der Waals surface area contributed by atoms with E-state index in [1.807, 2.05) is 31.2 Å². The summed E-state index contributed by atoms with van der Waals surface area (Å²) >= 11 is -1.23. The van der Waals surface area contributed by atoms with Gasteiger partial charge >= 0.3 is 0 Å². The summed E-state index contributed by atoms with van der Waals surface area (Å²) in [6.07, 6.45) is 4.26. The van der Waals surface area contributed by atoms with Gasteiger partial charge in [-0.1, -0.05) is 6.92 Å². The molecule has 0 N–H and O–H groups in total. The summed E-state index contributed by atoms with van der Waals surface area (Å²) in [4.78, 5) is 0.647. The standard InChI is InChI=1S/C26H36O7S/c1-8-11-33-26-22(30-4)14-17(15-23(26)34(7)27)19-10-9-18(24(19)31-5)16-12-20(28-2)25(32-6)21(13-16)29-3/h12-15,18-19,24H,8-11H2,1-7H3/t18-,19-,24-,34?/m0/s1. The zero-order valence-electron chi connectivity index (χ0n) is 21.1. The molecule has 34 heavy (non-hydrogen) atoms. The Morgan fingerprint density at radius 1 is 0.794 bits per heavy atom. The molecule has 1 saturated carbocycles. The Bertz CT molecular complexity index is 937. The van der Waals surface area contributed by atoms with Crippen LogP contribution in [0.2, 0.25) is 0 Å². The third-order valence-corrected chi connectivity index (χ3v) is 7.34. The molecule has 2 aromatic carbocycles. The molecule has 2 aromatic rings. The molecule has 4 atom stereocenters. The highest BCUT2D eigenvalue weighted by Gasteiger charge is 2.40. The molecule has 3 rings (SSSR count). The SMILES string of the molecule is CCCOc1c(OC)cc([C@@H]2CC[C@@H](c3cc(OC)c(OC)c(OC)c3)[C@@H]2OC)cc1[S+](C)[O-]. The predicted molar refractivity (Wildman–Crippen MR) is 133 cm³/mol. The first-order valence-corrected chi connectivity index (χ1v) is 13.0. The van der Waals surface area contributed by atoms with Crippen LogP contribution >= 0.6 is 0 Å². The van der Waals surface area contributed by atoms with Crippen molar-refractivity contribution >= 4 is 11.2 Å². The van der Waals surface area contributed by atoms with Gasteiger partial charge in [0.2, 0.25) is 11.5 Å². The van der Waals surface area contributed by atoms with Crippen LogP contribution in [-0.4, -0.2) is 59.1 Å². The van der Waals surface area contributed by atoms with Crippen molar-refractivity contribution in [3.8, 4) is 28.7 Å². The van der Waals surface area contributed by atoms with E-state index < -0.39 is 11.2 Å². The Balaban J connectivity index is 2.01. The number of hydrogen-bond donors (Lipinski definition) is 0. The van der Waals surface area contributed by atoms with E-state index >= 15 is 0 Å². The van der Waals surface area contributed by atoms with Crippen molar-refractivity contribution in [2.75, 3.05) is 48.4 Å². The second-order valence-corrected chi connectivity index (χ2v) is 9.65. The predicted octanol–water partition coefficient (Wildman–Crippen LogP) is 4.92. The summed E-state index contributed by atoms with van der Waals surface area (Å²) in [5.74, 6) is 3.20. The van der Waals surface area contributed by atoms with E-state index in [1.165, 1.54) is 0 Å². The van der Waals surface area contributed by atoms with Gasteiger partial charge in [0, 0.05) is 25.0 Å². The van der Waals surface area contributed by atoms with E-state index in [0.29, 0.717) is 40.2 Å². The fourth-order valence-electron chi connectivity index (χ4n) is 4.85. The summed E-state index contributed by atoms with van der Waals surface area (Å²) in [6.45, 7) is 2.57. The van der Waals surface area contributed by atoms with E-state index in [2.05, 4.69) is 0 Å². The molecule has 0 aromatic heterocycles. The zero-order chi connectivity index (χ0) is 24.8. The summed E-state index contributed by atoms with van der Waals surface area (Å²) in [5.41, 5.74) is 2.10. The van der Waals surface area contributed by atoms with Crippen molar-refractivity contribution in [3.63, 3.8) is 0 Å². The number of methoxy groups -OCH3 is 5. The highest BCUT2D eigenvalue weighted by atomic mass is 32.2. The van der Waals surface area contributed by atoms with Crippen molar-refractivity contribution in [2.45, 2.75) is 49.0 Å². The molecule has 0 spiro atoms. The Morgan fingerprint density at radius 2 is 1.29 bits per heavy atom. The van der Waals surface area contributed by atoms with Crippen LogP contribution in [0.25, 0.3) is 0 Å². The summed E-state index contributed by atoms with van der Waals surface area (Å²) in [7, 11) is 8.19. The van der Waals surface area contributed by atoms with Crippen LogP contribution in [0.3, 0.4) is 0 Å². The third-order valence-electron chi connectivity index (χ3n) is 6.42. The van der Waals surface area contributed by atoms with E-state index in [-0.39, 0.29) is 17.9 Å². The van der Waals surface area contributed by atoms with Crippen molar-refractivity contribution in [3.05, 3.63) is 35.4 Å². The molecule has 0 saturated heterocycles. The van der Waals surface area contributed by atoms with Crippen LogP contribution in [0, 0.1) is 0 Å². The lowest BCUT2D eigenvalue weighted by Gasteiger charge is -2.26. The minimum Gasteiger partial charge on any atom is -0.612 e. The Kier molecular flexibility index (Phi) is 9.22. The molecule has 1 unspecified atom stereocenters. The van der Waals surface area contributed by atoms with Crippen LogP contribution in [-0.2, 0) is 15.9 Å². The average molecular weight is 493 g/mol. The molecule has 1 fully saturated rings. The van der Waals surface area contributed by atoms with Gasteiger partial charge in [0.15, 0.2) is 22.1 Å². The Hall–Kier alpha value is -2.29.